The Kier molecular flexibility index (Phi) is 5.07. The molecule has 2 N–H and O–H groups in total. The maximum atomic E-state index is 12.3. The van der Waals surface area contributed by atoms with Gasteiger partial charge >= 0.3 is 5.97 Å². The highest BCUT2D eigenvalue weighted by Gasteiger charge is 2.20. The largest absolute Gasteiger partial charge is 0.448 e. The number of hydrogen-bond acceptors (Lipinski definition) is 3. The van der Waals surface area contributed by atoms with E-state index in [4.69, 9.17) is 4.74 Å². The van der Waals surface area contributed by atoms with Gasteiger partial charge in [-0.2, -0.15) is 0 Å². The Morgan fingerprint density at radius 3 is 2.35 bits per heavy atom. The zero-order valence-corrected chi connectivity index (χ0v) is 15.1. The molecule has 0 saturated carbocycles. The summed E-state index contributed by atoms with van der Waals surface area (Å²) in [5, 5.41) is 3.68. The molecule has 0 radical (unpaired) electrons. The maximum Gasteiger partial charge on any atom is 0.355 e. The van der Waals surface area contributed by atoms with Crippen LogP contribution in [0.3, 0.4) is 0 Å². The van der Waals surface area contributed by atoms with Crippen molar-refractivity contribution in [1.29, 1.82) is 0 Å². The number of hydrogen-bond donors (Lipinski definition) is 2. The first-order valence-corrected chi connectivity index (χ1v) is 8.63. The molecule has 0 fully saturated rings. The summed E-state index contributed by atoms with van der Waals surface area (Å²) in [5.74, 6) is -0.498. The predicted octanol–water partition coefficient (Wildman–Crippen LogP) is 4.48. The molecule has 2 aromatic carbocycles. The number of rotatable bonds is 5. The summed E-state index contributed by atoms with van der Waals surface area (Å²) in [4.78, 5) is 27.5. The Morgan fingerprint density at radius 1 is 1.00 bits per heavy atom. The van der Waals surface area contributed by atoms with Gasteiger partial charge in [-0.05, 0) is 42.7 Å². The van der Waals surface area contributed by atoms with Gasteiger partial charge < -0.3 is 15.0 Å². The van der Waals surface area contributed by atoms with E-state index in [9.17, 15) is 9.59 Å². The smallest absolute Gasteiger partial charge is 0.355 e. The third-order valence-electron chi connectivity index (χ3n) is 4.25. The summed E-state index contributed by atoms with van der Waals surface area (Å²) in [6.07, 6.45) is -0.904. The van der Waals surface area contributed by atoms with Crippen molar-refractivity contribution < 1.29 is 14.3 Å². The summed E-state index contributed by atoms with van der Waals surface area (Å²) in [5.41, 5.74) is 3.04. The molecule has 1 amide bonds. The minimum absolute atomic E-state index is 0.326. The monoisotopic (exact) mass is 350 g/mol. The average molecular weight is 350 g/mol. The zero-order chi connectivity index (χ0) is 18.7. The third kappa shape index (κ3) is 3.94. The number of amides is 1. The lowest BCUT2D eigenvalue weighted by molar-refractivity contribution is -0.123. The number of para-hydroxylation sites is 1. The third-order valence-corrected chi connectivity index (χ3v) is 4.25. The molecule has 0 aliphatic carbocycles. The number of benzene rings is 2. The van der Waals surface area contributed by atoms with E-state index < -0.39 is 12.1 Å². The van der Waals surface area contributed by atoms with Crippen LogP contribution < -0.4 is 5.32 Å². The molecule has 0 spiro atoms. The van der Waals surface area contributed by atoms with E-state index >= 15 is 0 Å². The Morgan fingerprint density at radius 2 is 1.69 bits per heavy atom. The number of aromatic nitrogens is 1. The summed E-state index contributed by atoms with van der Waals surface area (Å²) in [6.45, 7) is 5.77. The van der Waals surface area contributed by atoms with Crippen molar-refractivity contribution in [2.24, 2.45) is 0 Å². The number of carbonyl (C=O) groups is 2. The van der Waals surface area contributed by atoms with Crippen molar-refractivity contribution in [2.45, 2.75) is 32.8 Å². The summed E-state index contributed by atoms with van der Waals surface area (Å²) in [7, 11) is 0. The van der Waals surface area contributed by atoms with Gasteiger partial charge in [0.05, 0.1) is 0 Å². The van der Waals surface area contributed by atoms with Crippen LogP contribution in [0.4, 0.5) is 5.69 Å². The molecule has 0 aliphatic rings. The van der Waals surface area contributed by atoms with Gasteiger partial charge in [0.1, 0.15) is 5.69 Å². The second kappa shape index (κ2) is 7.44. The van der Waals surface area contributed by atoms with Crippen LogP contribution in [-0.2, 0) is 9.53 Å². The maximum absolute atomic E-state index is 12.3. The highest BCUT2D eigenvalue weighted by Crippen LogP contribution is 2.18. The molecule has 134 valence electrons. The van der Waals surface area contributed by atoms with Crippen molar-refractivity contribution in [2.75, 3.05) is 5.32 Å². The SMILES string of the molecule is CC(C)c1ccc(NC(=O)[C@H](C)OC(=O)c2cc3ccccc3[nH]2)cc1. The number of nitrogens with one attached hydrogen (secondary N) is 2. The number of carbonyl (C=O) groups excluding carboxylic acids is 2. The molecule has 1 aromatic heterocycles. The van der Waals surface area contributed by atoms with Gasteiger partial charge in [0.2, 0.25) is 0 Å². The number of fused-ring (bicyclic) bond motifs is 1. The quantitative estimate of drug-likeness (QED) is 0.667. The molecular weight excluding hydrogens is 328 g/mol. The second-order valence-electron chi connectivity index (χ2n) is 6.58. The van der Waals surface area contributed by atoms with Crippen LogP contribution in [0.25, 0.3) is 10.9 Å². The van der Waals surface area contributed by atoms with Crippen molar-refractivity contribution in [3.8, 4) is 0 Å². The first-order valence-electron chi connectivity index (χ1n) is 8.63. The average Bonchev–Trinajstić information content (AvgIpc) is 3.06. The predicted molar refractivity (Wildman–Crippen MR) is 102 cm³/mol. The van der Waals surface area contributed by atoms with Crippen LogP contribution >= 0.6 is 0 Å². The second-order valence-corrected chi connectivity index (χ2v) is 6.58. The lowest BCUT2D eigenvalue weighted by Gasteiger charge is -2.13. The first-order chi connectivity index (χ1) is 12.4. The van der Waals surface area contributed by atoms with E-state index in [-0.39, 0.29) is 5.91 Å². The first kappa shape index (κ1) is 17.7. The van der Waals surface area contributed by atoms with Gasteiger partial charge in [0, 0.05) is 16.6 Å². The van der Waals surface area contributed by atoms with Crippen LogP contribution in [0.1, 0.15) is 42.7 Å². The fourth-order valence-corrected chi connectivity index (χ4v) is 2.66. The van der Waals surface area contributed by atoms with Gasteiger partial charge in [-0.3, -0.25) is 4.79 Å². The lowest BCUT2D eigenvalue weighted by atomic mass is 10.0. The number of anilines is 1. The van der Waals surface area contributed by atoms with Gasteiger partial charge in [-0.15, -0.1) is 0 Å². The van der Waals surface area contributed by atoms with E-state index in [0.29, 0.717) is 17.3 Å². The number of ether oxygens (including phenoxy) is 1. The number of H-pyrrole nitrogens is 1. The number of aromatic amines is 1. The lowest BCUT2D eigenvalue weighted by Crippen LogP contribution is -2.30. The van der Waals surface area contributed by atoms with Crippen molar-refractivity contribution in [1.82, 2.24) is 4.98 Å². The molecule has 0 saturated heterocycles. The van der Waals surface area contributed by atoms with Crippen LogP contribution in [-0.4, -0.2) is 23.0 Å². The van der Waals surface area contributed by atoms with Crippen molar-refractivity contribution in [3.05, 3.63) is 65.9 Å². The molecule has 26 heavy (non-hydrogen) atoms. The Labute approximate surface area is 152 Å². The van der Waals surface area contributed by atoms with Crippen LogP contribution in [0.15, 0.2) is 54.6 Å². The molecule has 0 bridgehead atoms. The fourth-order valence-electron chi connectivity index (χ4n) is 2.66. The standard InChI is InChI=1S/C21H22N2O3/c1-13(2)15-8-10-17(11-9-15)22-20(24)14(3)26-21(25)19-12-16-6-4-5-7-18(16)23-19/h4-14,23H,1-3H3,(H,22,24)/t14-/m0/s1. The molecule has 1 atom stereocenters. The summed E-state index contributed by atoms with van der Waals surface area (Å²) >= 11 is 0. The molecule has 5 nitrogen and oxygen atoms in total. The highest BCUT2D eigenvalue weighted by atomic mass is 16.5. The Bertz CT molecular complexity index is 893. The highest BCUT2D eigenvalue weighted by molar-refractivity contribution is 5.98. The molecule has 0 aliphatic heterocycles. The van der Waals surface area contributed by atoms with Gasteiger partial charge in [0.25, 0.3) is 5.91 Å². The number of esters is 1. The summed E-state index contributed by atoms with van der Waals surface area (Å²) in [6, 6.07) is 16.9. The van der Waals surface area contributed by atoms with E-state index in [1.807, 2.05) is 48.5 Å². The molecule has 5 heteroatoms. The van der Waals surface area contributed by atoms with Crippen LogP contribution in [0, 0.1) is 0 Å². The minimum Gasteiger partial charge on any atom is -0.448 e. The van der Waals surface area contributed by atoms with Crippen LogP contribution in [0.5, 0.6) is 0 Å². The minimum atomic E-state index is -0.904. The van der Waals surface area contributed by atoms with E-state index in [1.54, 1.807) is 13.0 Å². The molecule has 3 rings (SSSR count). The van der Waals surface area contributed by atoms with Gasteiger partial charge in [-0.25, -0.2) is 4.79 Å². The molecule has 3 aromatic rings. The van der Waals surface area contributed by atoms with E-state index in [2.05, 4.69) is 24.1 Å². The topological polar surface area (TPSA) is 71.2 Å². The molecule has 0 unspecified atom stereocenters. The van der Waals surface area contributed by atoms with E-state index in [1.165, 1.54) is 5.56 Å². The van der Waals surface area contributed by atoms with Gasteiger partial charge in [0.15, 0.2) is 6.10 Å². The fraction of sp³-hybridized carbons (Fsp3) is 0.238. The zero-order valence-electron chi connectivity index (χ0n) is 15.1. The van der Waals surface area contributed by atoms with Gasteiger partial charge in [-0.1, -0.05) is 44.2 Å². The molecule has 1 heterocycles. The Balaban J connectivity index is 1.62. The normalized spacial score (nSPS) is 12.2. The summed E-state index contributed by atoms with van der Waals surface area (Å²) < 4.78 is 5.28. The van der Waals surface area contributed by atoms with Crippen LogP contribution in [0.2, 0.25) is 0 Å². The Hall–Kier alpha value is -3.08. The van der Waals surface area contributed by atoms with Crippen molar-refractivity contribution in [3.63, 3.8) is 0 Å². The van der Waals surface area contributed by atoms with Crippen molar-refractivity contribution >= 4 is 28.5 Å². The van der Waals surface area contributed by atoms with E-state index in [0.717, 1.165) is 10.9 Å². The molecular formula is C21H22N2O3.